The van der Waals surface area contributed by atoms with Crippen LogP contribution in [0.3, 0.4) is 0 Å². The maximum absolute atomic E-state index is 13.0. The van der Waals surface area contributed by atoms with Gasteiger partial charge in [-0.3, -0.25) is 4.79 Å². The molecule has 1 aliphatic rings. The number of hydrogen-bond acceptors (Lipinski definition) is 5. The summed E-state index contributed by atoms with van der Waals surface area (Å²) in [5.74, 6) is 0.283. The summed E-state index contributed by atoms with van der Waals surface area (Å²) in [6, 6.07) is 12.6. The van der Waals surface area contributed by atoms with Crippen LogP contribution >= 0.6 is 11.6 Å². The number of benzene rings is 2. The van der Waals surface area contributed by atoms with Crippen molar-refractivity contribution in [2.24, 2.45) is 0 Å². The molecule has 1 amide bonds. The largest absolute Gasteiger partial charge is 0.497 e. The van der Waals surface area contributed by atoms with E-state index in [1.165, 1.54) is 0 Å². The molecule has 1 saturated heterocycles. The van der Waals surface area contributed by atoms with Crippen molar-refractivity contribution in [3.8, 4) is 5.75 Å². The lowest BCUT2D eigenvalue weighted by atomic mass is 10.1. The molecule has 0 aliphatic carbocycles. The molecule has 0 saturated carbocycles. The van der Waals surface area contributed by atoms with Crippen molar-refractivity contribution in [1.29, 1.82) is 0 Å². The highest BCUT2D eigenvalue weighted by molar-refractivity contribution is 6.30. The van der Waals surface area contributed by atoms with E-state index in [4.69, 9.17) is 20.8 Å². The molecule has 6 nitrogen and oxygen atoms in total. The Hall–Kier alpha value is -2.99. The highest BCUT2D eigenvalue weighted by atomic mass is 35.5. The normalized spacial score (nSPS) is 14.3. The number of amides is 1. The van der Waals surface area contributed by atoms with Crippen molar-refractivity contribution >= 4 is 34.2 Å². The highest BCUT2D eigenvalue weighted by Crippen LogP contribution is 2.26. The molecule has 3 aromatic rings. The average Bonchev–Trinajstić information content (AvgIpc) is 2.74. The molecule has 1 aromatic heterocycles. The number of carbonyl (C=O) groups excluding carboxylic acids is 1. The zero-order valence-electron chi connectivity index (χ0n) is 16.3. The molecule has 29 heavy (non-hydrogen) atoms. The van der Waals surface area contributed by atoms with Gasteiger partial charge in [0, 0.05) is 48.3 Å². The number of carbonyl (C=O) groups is 1. The van der Waals surface area contributed by atoms with E-state index in [2.05, 4.69) is 4.90 Å². The minimum atomic E-state index is -0.635. The lowest BCUT2D eigenvalue weighted by Crippen LogP contribution is -2.49. The fraction of sp³-hybridized carbons (Fsp3) is 0.273. The Morgan fingerprint density at radius 3 is 2.55 bits per heavy atom. The van der Waals surface area contributed by atoms with Gasteiger partial charge < -0.3 is 19.0 Å². The quantitative estimate of drug-likeness (QED) is 0.613. The molecule has 0 spiro atoms. The molecule has 0 N–H and O–H groups in total. The average molecular weight is 413 g/mol. The number of anilines is 1. The van der Waals surface area contributed by atoms with Gasteiger partial charge >= 0.3 is 5.63 Å². The number of halogens is 1. The summed E-state index contributed by atoms with van der Waals surface area (Å²) < 4.78 is 10.5. The van der Waals surface area contributed by atoms with Crippen LogP contribution in [0.4, 0.5) is 5.69 Å². The van der Waals surface area contributed by atoms with Gasteiger partial charge in [-0.1, -0.05) is 17.7 Å². The number of ether oxygens (including phenoxy) is 1. The number of hydrogen-bond donors (Lipinski definition) is 0. The number of nitrogens with zero attached hydrogens (tertiary/aromatic N) is 2. The minimum absolute atomic E-state index is 0.0510. The van der Waals surface area contributed by atoms with Crippen molar-refractivity contribution in [2.75, 3.05) is 38.2 Å². The van der Waals surface area contributed by atoms with Gasteiger partial charge in [0.05, 0.1) is 7.11 Å². The van der Waals surface area contributed by atoms with Gasteiger partial charge in [0.25, 0.3) is 5.91 Å². The molecular weight excluding hydrogens is 392 g/mol. The molecule has 4 rings (SSSR count). The first-order valence-electron chi connectivity index (χ1n) is 9.38. The lowest BCUT2D eigenvalue weighted by molar-refractivity contribution is 0.0742. The van der Waals surface area contributed by atoms with Crippen molar-refractivity contribution in [1.82, 2.24) is 4.90 Å². The predicted octanol–water partition coefficient (Wildman–Crippen LogP) is 3.73. The van der Waals surface area contributed by atoms with Crippen LogP contribution < -0.4 is 15.3 Å². The highest BCUT2D eigenvalue weighted by Gasteiger charge is 2.25. The first kappa shape index (κ1) is 19.3. The Kier molecular flexibility index (Phi) is 5.20. The number of fused-ring (bicyclic) bond motifs is 1. The molecule has 1 fully saturated rings. The summed E-state index contributed by atoms with van der Waals surface area (Å²) >= 11 is 6.14. The Morgan fingerprint density at radius 1 is 1.07 bits per heavy atom. The number of aryl methyl sites for hydroxylation is 1. The van der Waals surface area contributed by atoms with Gasteiger partial charge in [0.15, 0.2) is 0 Å². The molecule has 7 heteroatoms. The fourth-order valence-electron chi connectivity index (χ4n) is 3.61. The van der Waals surface area contributed by atoms with Crippen molar-refractivity contribution < 1.29 is 13.9 Å². The Balaban J connectivity index is 1.53. The van der Waals surface area contributed by atoms with Crippen LogP contribution in [0.2, 0.25) is 5.02 Å². The monoisotopic (exact) mass is 412 g/mol. The first-order chi connectivity index (χ1) is 14.0. The van der Waals surface area contributed by atoms with Gasteiger partial charge in [0.2, 0.25) is 0 Å². The fourth-order valence-corrected chi connectivity index (χ4v) is 3.78. The van der Waals surface area contributed by atoms with Gasteiger partial charge in [-0.25, -0.2) is 4.79 Å². The zero-order chi connectivity index (χ0) is 20.5. The van der Waals surface area contributed by atoms with Crippen LogP contribution in [0.5, 0.6) is 5.75 Å². The van der Waals surface area contributed by atoms with Crippen LogP contribution in [0, 0.1) is 6.92 Å². The van der Waals surface area contributed by atoms with Gasteiger partial charge in [-0.2, -0.15) is 0 Å². The van der Waals surface area contributed by atoms with E-state index < -0.39 is 5.63 Å². The summed E-state index contributed by atoms with van der Waals surface area (Å²) in [6.07, 6.45) is 0. The molecule has 0 atom stereocenters. The summed E-state index contributed by atoms with van der Waals surface area (Å²) in [6.45, 7) is 4.42. The molecular formula is C22H21ClN2O4. The molecule has 0 bridgehead atoms. The standard InChI is InChI=1S/C22H21ClN2O4/c1-14-3-5-16(23)12-19(14)24-7-9-25(10-8-24)21(26)18-11-15-4-6-17(28-2)13-20(15)29-22(18)27/h3-6,11-13H,7-10H2,1-2H3. The van der Waals surface area contributed by atoms with E-state index >= 15 is 0 Å². The van der Waals surface area contributed by atoms with Crippen molar-refractivity contribution in [3.05, 3.63) is 69.0 Å². The van der Waals surface area contributed by atoms with Gasteiger partial charge in [0.1, 0.15) is 16.9 Å². The Labute approximate surface area is 173 Å². The molecule has 2 heterocycles. The molecule has 0 unspecified atom stereocenters. The summed E-state index contributed by atoms with van der Waals surface area (Å²) in [4.78, 5) is 29.3. The summed E-state index contributed by atoms with van der Waals surface area (Å²) in [7, 11) is 1.54. The van der Waals surface area contributed by atoms with Crippen LogP contribution in [-0.4, -0.2) is 44.1 Å². The van der Waals surface area contributed by atoms with Crippen LogP contribution in [0.15, 0.2) is 51.7 Å². The van der Waals surface area contributed by atoms with Crippen LogP contribution in [-0.2, 0) is 0 Å². The SMILES string of the molecule is COc1ccc2cc(C(=O)N3CCN(c4cc(Cl)ccc4C)CC3)c(=O)oc2c1. The zero-order valence-corrected chi connectivity index (χ0v) is 17.0. The minimum Gasteiger partial charge on any atom is -0.497 e. The third-order valence-electron chi connectivity index (χ3n) is 5.25. The summed E-state index contributed by atoms with van der Waals surface area (Å²) in [5.41, 5.74) is 2.02. The smallest absolute Gasteiger partial charge is 0.349 e. The third kappa shape index (κ3) is 3.80. The second kappa shape index (κ2) is 7.79. The number of rotatable bonds is 3. The van der Waals surface area contributed by atoms with E-state index in [0.29, 0.717) is 47.9 Å². The number of piperazine rings is 1. The topological polar surface area (TPSA) is 63.0 Å². The Bertz CT molecular complexity index is 1130. The molecule has 1 aliphatic heterocycles. The number of methoxy groups -OCH3 is 1. The van der Waals surface area contributed by atoms with E-state index in [9.17, 15) is 9.59 Å². The van der Waals surface area contributed by atoms with E-state index in [1.807, 2.05) is 25.1 Å². The molecule has 150 valence electrons. The maximum atomic E-state index is 13.0. The van der Waals surface area contributed by atoms with E-state index in [0.717, 1.165) is 11.3 Å². The van der Waals surface area contributed by atoms with Crippen LogP contribution in [0.1, 0.15) is 15.9 Å². The lowest BCUT2D eigenvalue weighted by Gasteiger charge is -2.36. The first-order valence-corrected chi connectivity index (χ1v) is 9.76. The third-order valence-corrected chi connectivity index (χ3v) is 5.49. The second-order valence-corrected chi connectivity index (χ2v) is 7.50. The van der Waals surface area contributed by atoms with Crippen molar-refractivity contribution in [3.63, 3.8) is 0 Å². The van der Waals surface area contributed by atoms with Crippen LogP contribution in [0.25, 0.3) is 11.0 Å². The van der Waals surface area contributed by atoms with Crippen molar-refractivity contribution in [2.45, 2.75) is 6.92 Å². The van der Waals surface area contributed by atoms with E-state index in [-0.39, 0.29) is 11.5 Å². The van der Waals surface area contributed by atoms with Gasteiger partial charge in [-0.05, 0) is 42.8 Å². The maximum Gasteiger partial charge on any atom is 0.349 e. The van der Waals surface area contributed by atoms with Gasteiger partial charge in [-0.15, -0.1) is 0 Å². The second-order valence-electron chi connectivity index (χ2n) is 7.06. The molecule has 2 aromatic carbocycles. The molecule has 0 radical (unpaired) electrons. The van der Waals surface area contributed by atoms with E-state index in [1.54, 1.807) is 36.3 Å². The summed E-state index contributed by atoms with van der Waals surface area (Å²) in [5, 5.41) is 1.37. The Morgan fingerprint density at radius 2 is 1.83 bits per heavy atom. The predicted molar refractivity (Wildman–Crippen MR) is 113 cm³/mol.